The first kappa shape index (κ1) is 12.7. The predicted octanol–water partition coefficient (Wildman–Crippen LogP) is 3.51. The normalized spacial score (nSPS) is 23.3. The highest BCUT2D eigenvalue weighted by molar-refractivity contribution is 5.82. The topological polar surface area (TPSA) is 20.3 Å². The molecule has 0 saturated heterocycles. The Morgan fingerprint density at radius 2 is 2.11 bits per heavy atom. The lowest BCUT2D eigenvalue weighted by atomic mass is 9.87. The minimum absolute atomic E-state index is 0.279. The molecule has 3 rings (SSSR count). The number of nitrogens with zero attached hydrogens (tertiary/aromatic N) is 1. The largest absolute Gasteiger partial charge is 0.371 e. The van der Waals surface area contributed by atoms with Gasteiger partial charge in [-0.2, -0.15) is 0 Å². The van der Waals surface area contributed by atoms with Crippen molar-refractivity contribution >= 4 is 11.5 Å². The lowest BCUT2D eigenvalue weighted by Crippen LogP contribution is -2.37. The van der Waals surface area contributed by atoms with Crippen molar-refractivity contribution in [3.05, 3.63) is 29.3 Å². The number of carbonyl (C=O) groups excluding carboxylic acids is 1. The van der Waals surface area contributed by atoms with Crippen molar-refractivity contribution < 1.29 is 4.79 Å². The van der Waals surface area contributed by atoms with Crippen LogP contribution in [0.5, 0.6) is 0 Å². The van der Waals surface area contributed by atoms with Crippen LogP contribution in [-0.2, 0) is 11.2 Å². The number of Topliss-reactive ketones (excluding diaryl/α,β-unsaturated/α-hetero) is 1. The minimum Gasteiger partial charge on any atom is -0.371 e. The van der Waals surface area contributed by atoms with E-state index in [2.05, 4.69) is 30.0 Å². The third kappa shape index (κ3) is 2.68. The molecule has 0 N–H and O–H groups in total. The molecule has 0 radical (unpaired) electrons. The quantitative estimate of drug-likeness (QED) is 0.808. The van der Waals surface area contributed by atoms with Crippen LogP contribution in [0.25, 0.3) is 0 Å². The summed E-state index contributed by atoms with van der Waals surface area (Å²) in [5.74, 6) is 0.770. The standard InChI is InChI=1S/C17H23NO/c1-13-8-9-16-14(11-13)6-4-10-18(16)12-15-5-2-3-7-17(15)19/h8-9,11,15H,2-7,10,12H2,1H3. The highest BCUT2D eigenvalue weighted by Gasteiger charge is 2.26. The molecule has 0 bridgehead atoms. The van der Waals surface area contributed by atoms with Crippen LogP contribution >= 0.6 is 0 Å². The third-order valence-electron chi connectivity index (χ3n) is 4.57. The molecule has 1 heterocycles. The minimum atomic E-state index is 0.279. The molecular formula is C17H23NO. The van der Waals surface area contributed by atoms with Crippen LogP contribution in [0.4, 0.5) is 5.69 Å². The molecule has 1 unspecified atom stereocenters. The monoisotopic (exact) mass is 257 g/mol. The number of anilines is 1. The van der Waals surface area contributed by atoms with Gasteiger partial charge in [0, 0.05) is 31.1 Å². The number of hydrogen-bond donors (Lipinski definition) is 0. The van der Waals surface area contributed by atoms with E-state index in [4.69, 9.17) is 0 Å². The van der Waals surface area contributed by atoms with E-state index in [1.807, 2.05) is 0 Å². The van der Waals surface area contributed by atoms with Crippen molar-refractivity contribution in [2.24, 2.45) is 5.92 Å². The zero-order valence-electron chi connectivity index (χ0n) is 11.8. The van der Waals surface area contributed by atoms with Crippen molar-refractivity contribution in [2.45, 2.75) is 45.4 Å². The summed E-state index contributed by atoms with van der Waals surface area (Å²) < 4.78 is 0. The lowest BCUT2D eigenvalue weighted by molar-refractivity contribution is -0.124. The molecular weight excluding hydrogens is 234 g/mol. The summed E-state index contributed by atoms with van der Waals surface area (Å²) in [6.07, 6.45) is 6.63. The van der Waals surface area contributed by atoms with Crippen molar-refractivity contribution in [1.29, 1.82) is 0 Å². The summed E-state index contributed by atoms with van der Waals surface area (Å²) in [7, 11) is 0. The van der Waals surface area contributed by atoms with Gasteiger partial charge in [0.2, 0.25) is 0 Å². The Hall–Kier alpha value is -1.31. The van der Waals surface area contributed by atoms with Gasteiger partial charge >= 0.3 is 0 Å². The second-order valence-electron chi connectivity index (χ2n) is 6.09. The zero-order chi connectivity index (χ0) is 13.2. The van der Waals surface area contributed by atoms with Crippen LogP contribution in [0.3, 0.4) is 0 Å². The van der Waals surface area contributed by atoms with Crippen molar-refractivity contribution in [2.75, 3.05) is 18.0 Å². The maximum absolute atomic E-state index is 12.0. The fourth-order valence-electron chi connectivity index (χ4n) is 3.51. The highest BCUT2D eigenvalue weighted by Crippen LogP contribution is 2.30. The van der Waals surface area contributed by atoms with Crippen molar-refractivity contribution in [1.82, 2.24) is 0 Å². The molecule has 1 saturated carbocycles. The molecule has 2 aliphatic rings. The summed E-state index contributed by atoms with van der Waals surface area (Å²) in [6.45, 7) is 4.21. The molecule has 1 aliphatic heterocycles. The average Bonchev–Trinajstić information content (AvgIpc) is 2.41. The summed E-state index contributed by atoms with van der Waals surface area (Å²) in [6, 6.07) is 6.75. The maximum Gasteiger partial charge on any atom is 0.137 e. The van der Waals surface area contributed by atoms with Crippen molar-refractivity contribution in [3.8, 4) is 0 Å². The van der Waals surface area contributed by atoms with Gasteiger partial charge < -0.3 is 4.90 Å². The number of hydrogen-bond acceptors (Lipinski definition) is 2. The van der Waals surface area contributed by atoms with Gasteiger partial charge in [0.15, 0.2) is 0 Å². The first-order valence-corrected chi connectivity index (χ1v) is 7.61. The van der Waals surface area contributed by atoms with Crippen LogP contribution in [-0.4, -0.2) is 18.9 Å². The third-order valence-corrected chi connectivity index (χ3v) is 4.57. The van der Waals surface area contributed by atoms with Gasteiger partial charge in [-0.05, 0) is 44.2 Å². The maximum atomic E-state index is 12.0. The van der Waals surface area contributed by atoms with Gasteiger partial charge in [-0.3, -0.25) is 4.79 Å². The Morgan fingerprint density at radius 3 is 2.95 bits per heavy atom. The number of aryl methyl sites for hydroxylation is 2. The Balaban J connectivity index is 1.78. The van der Waals surface area contributed by atoms with E-state index in [-0.39, 0.29) is 5.92 Å². The Morgan fingerprint density at radius 1 is 1.21 bits per heavy atom. The zero-order valence-corrected chi connectivity index (χ0v) is 11.8. The molecule has 0 amide bonds. The Labute approximate surface area is 115 Å². The number of carbonyl (C=O) groups is 1. The van der Waals surface area contributed by atoms with E-state index in [0.717, 1.165) is 32.4 Å². The summed E-state index contributed by atoms with van der Waals surface area (Å²) in [4.78, 5) is 14.5. The molecule has 2 heteroatoms. The summed E-state index contributed by atoms with van der Waals surface area (Å²) >= 11 is 0. The second kappa shape index (κ2) is 5.36. The SMILES string of the molecule is Cc1ccc2c(c1)CCCN2CC1CCCCC1=O. The number of fused-ring (bicyclic) bond motifs is 1. The van der Waals surface area contributed by atoms with Gasteiger partial charge in [-0.1, -0.05) is 24.1 Å². The second-order valence-corrected chi connectivity index (χ2v) is 6.09. The average molecular weight is 257 g/mol. The van der Waals surface area contributed by atoms with Crippen LogP contribution in [0.15, 0.2) is 18.2 Å². The van der Waals surface area contributed by atoms with E-state index in [9.17, 15) is 4.79 Å². The fourth-order valence-corrected chi connectivity index (χ4v) is 3.51. The van der Waals surface area contributed by atoms with Gasteiger partial charge in [-0.15, -0.1) is 0 Å². The molecule has 0 aromatic heterocycles. The van der Waals surface area contributed by atoms with Crippen LogP contribution in [0.2, 0.25) is 0 Å². The van der Waals surface area contributed by atoms with Crippen molar-refractivity contribution in [3.63, 3.8) is 0 Å². The smallest absolute Gasteiger partial charge is 0.137 e. The van der Waals surface area contributed by atoms with Crippen LogP contribution < -0.4 is 4.90 Å². The number of ketones is 1. The molecule has 19 heavy (non-hydrogen) atoms. The number of benzene rings is 1. The molecule has 2 nitrogen and oxygen atoms in total. The molecule has 102 valence electrons. The number of rotatable bonds is 2. The Kier molecular flexibility index (Phi) is 3.58. The van der Waals surface area contributed by atoms with Gasteiger partial charge in [0.25, 0.3) is 0 Å². The van der Waals surface area contributed by atoms with Crippen LogP contribution in [0, 0.1) is 12.8 Å². The molecule has 1 aromatic carbocycles. The molecule has 0 spiro atoms. The van der Waals surface area contributed by atoms with Gasteiger partial charge in [0.05, 0.1) is 0 Å². The fraction of sp³-hybridized carbons (Fsp3) is 0.588. The lowest BCUT2D eigenvalue weighted by Gasteiger charge is -2.35. The molecule has 1 aromatic rings. The van der Waals surface area contributed by atoms with E-state index >= 15 is 0 Å². The van der Waals surface area contributed by atoms with E-state index < -0.39 is 0 Å². The molecule has 1 fully saturated rings. The van der Waals surface area contributed by atoms with E-state index in [1.165, 1.54) is 36.1 Å². The first-order chi connectivity index (χ1) is 9.24. The molecule has 1 atom stereocenters. The van der Waals surface area contributed by atoms with Crippen LogP contribution in [0.1, 0.15) is 43.2 Å². The van der Waals surface area contributed by atoms with E-state index in [1.54, 1.807) is 0 Å². The highest BCUT2D eigenvalue weighted by atomic mass is 16.1. The Bertz CT molecular complexity index is 480. The molecule has 1 aliphatic carbocycles. The predicted molar refractivity (Wildman–Crippen MR) is 78.7 cm³/mol. The van der Waals surface area contributed by atoms with Gasteiger partial charge in [0.1, 0.15) is 5.78 Å². The van der Waals surface area contributed by atoms with Gasteiger partial charge in [-0.25, -0.2) is 0 Å². The van der Waals surface area contributed by atoms with E-state index in [0.29, 0.717) is 5.78 Å². The summed E-state index contributed by atoms with van der Waals surface area (Å²) in [5.41, 5.74) is 4.18. The summed E-state index contributed by atoms with van der Waals surface area (Å²) in [5, 5.41) is 0. The first-order valence-electron chi connectivity index (χ1n) is 7.61.